The molecule has 1 aliphatic heterocycles. The Kier molecular flexibility index (Phi) is 3.80. The van der Waals surface area contributed by atoms with E-state index in [0.29, 0.717) is 24.1 Å². The van der Waals surface area contributed by atoms with Crippen LogP contribution in [0.2, 0.25) is 0 Å². The molecule has 1 saturated heterocycles. The Hall–Kier alpha value is -1.70. The van der Waals surface area contributed by atoms with Gasteiger partial charge < -0.3 is 9.73 Å². The summed E-state index contributed by atoms with van der Waals surface area (Å²) in [6.07, 6.45) is 0. The first-order chi connectivity index (χ1) is 10.4. The molecule has 118 valence electrons. The fourth-order valence-corrected chi connectivity index (χ4v) is 4.42. The second kappa shape index (κ2) is 5.49. The lowest BCUT2D eigenvalue weighted by Gasteiger charge is -2.36. The lowest BCUT2D eigenvalue weighted by Crippen LogP contribution is -2.56. The van der Waals surface area contributed by atoms with Crippen molar-refractivity contribution >= 4 is 21.0 Å². The third-order valence-electron chi connectivity index (χ3n) is 3.90. The van der Waals surface area contributed by atoms with E-state index in [1.165, 1.54) is 22.5 Å². The summed E-state index contributed by atoms with van der Waals surface area (Å²) >= 11 is 0. The van der Waals surface area contributed by atoms with Gasteiger partial charge in [0.15, 0.2) is 0 Å². The van der Waals surface area contributed by atoms with Crippen LogP contribution in [0.25, 0.3) is 11.0 Å². The number of hydrogen-bond acceptors (Lipinski definition) is 5. The minimum atomic E-state index is -3.57. The van der Waals surface area contributed by atoms with E-state index in [0.717, 1.165) is 0 Å². The van der Waals surface area contributed by atoms with Gasteiger partial charge in [-0.1, -0.05) is 0 Å². The van der Waals surface area contributed by atoms with Crippen molar-refractivity contribution < 1.29 is 12.8 Å². The van der Waals surface area contributed by atoms with Gasteiger partial charge in [-0.05, 0) is 38.1 Å². The number of nitrogens with zero attached hydrogens (tertiary/aromatic N) is 1. The van der Waals surface area contributed by atoms with E-state index in [9.17, 15) is 13.2 Å². The molecule has 2 aromatic rings. The highest BCUT2D eigenvalue weighted by Crippen LogP contribution is 2.24. The van der Waals surface area contributed by atoms with Crippen LogP contribution < -0.4 is 10.9 Å². The zero-order chi connectivity index (χ0) is 15.9. The summed E-state index contributed by atoms with van der Waals surface area (Å²) in [6.45, 7) is 4.91. The fraction of sp³-hybridized carbons (Fsp3) is 0.400. The topological polar surface area (TPSA) is 79.6 Å². The number of hydrogen-bond donors (Lipinski definition) is 1. The second-order valence-electron chi connectivity index (χ2n) is 5.69. The number of nitrogens with one attached hydrogen (secondary N) is 1. The highest BCUT2D eigenvalue weighted by Gasteiger charge is 2.33. The minimum absolute atomic E-state index is 0.106. The third-order valence-corrected chi connectivity index (χ3v) is 5.88. The highest BCUT2D eigenvalue weighted by molar-refractivity contribution is 7.89. The van der Waals surface area contributed by atoms with Crippen molar-refractivity contribution in [3.05, 3.63) is 40.8 Å². The third kappa shape index (κ3) is 2.67. The number of sulfonamides is 1. The van der Waals surface area contributed by atoms with E-state index >= 15 is 0 Å². The maximum atomic E-state index is 12.9. The molecular formula is C15H18N2O4S. The van der Waals surface area contributed by atoms with E-state index in [1.807, 2.05) is 13.8 Å². The van der Waals surface area contributed by atoms with Gasteiger partial charge in [-0.3, -0.25) is 0 Å². The van der Waals surface area contributed by atoms with Crippen LogP contribution in [0.3, 0.4) is 0 Å². The average molecular weight is 322 g/mol. The van der Waals surface area contributed by atoms with Gasteiger partial charge in [-0.15, -0.1) is 0 Å². The summed E-state index contributed by atoms with van der Waals surface area (Å²) in [6, 6.07) is 7.43. The summed E-state index contributed by atoms with van der Waals surface area (Å²) in [5, 5.41) is 3.86. The predicted molar refractivity (Wildman–Crippen MR) is 83.3 cm³/mol. The van der Waals surface area contributed by atoms with Crippen LogP contribution in [0.15, 0.2) is 44.4 Å². The van der Waals surface area contributed by atoms with Crippen molar-refractivity contribution in [1.29, 1.82) is 0 Å². The summed E-state index contributed by atoms with van der Waals surface area (Å²) in [5.74, 6) is 0. The highest BCUT2D eigenvalue weighted by atomic mass is 32.2. The molecule has 2 heterocycles. The Balaban J connectivity index is 2.04. The molecule has 0 spiro atoms. The summed E-state index contributed by atoms with van der Waals surface area (Å²) < 4.78 is 32.3. The minimum Gasteiger partial charge on any atom is -0.423 e. The first-order valence-corrected chi connectivity index (χ1v) is 8.61. The molecule has 1 aliphatic rings. The van der Waals surface area contributed by atoms with Gasteiger partial charge in [0.05, 0.1) is 4.90 Å². The van der Waals surface area contributed by atoms with E-state index in [1.54, 1.807) is 12.1 Å². The monoisotopic (exact) mass is 322 g/mol. The van der Waals surface area contributed by atoms with Gasteiger partial charge in [0, 0.05) is 36.6 Å². The average Bonchev–Trinajstić information content (AvgIpc) is 2.49. The van der Waals surface area contributed by atoms with Crippen molar-refractivity contribution in [2.75, 3.05) is 13.1 Å². The van der Waals surface area contributed by atoms with E-state index in [-0.39, 0.29) is 17.0 Å². The molecule has 2 unspecified atom stereocenters. The van der Waals surface area contributed by atoms with Gasteiger partial charge in [0.1, 0.15) is 5.58 Å². The Morgan fingerprint density at radius 2 is 2.00 bits per heavy atom. The molecule has 0 aliphatic carbocycles. The Labute approximate surface area is 128 Å². The molecule has 2 atom stereocenters. The Morgan fingerprint density at radius 1 is 1.23 bits per heavy atom. The zero-order valence-corrected chi connectivity index (χ0v) is 13.3. The van der Waals surface area contributed by atoms with Crippen LogP contribution in [0.5, 0.6) is 0 Å². The number of fused-ring (bicyclic) bond motifs is 1. The van der Waals surface area contributed by atoms with Gasteiger partial charge in [0.2, 0.25) is 10.0 Å². The largest absolute Gasteiger partial charge is 0.423 e. The smallest absolute Gasteiger partial charge is 0.336 e. The molecule has 1 aromatic carbocycles. The standard InChI is InChI=1S/C15H18N2O4S/c1-10-9-17(11(2)8-16-10)22(19,20)13-4-5-14-12(7-13)3-6-15(18)21-14/h3-7,10-11,16H,8-9H2,1-2H3. The Bertz CT molecular complexity index is 859. The lowest BCUT2D eigenvalue weighted by molar-refractivity contribution is 0.244. The zero-order valence-electron chi connectivity index (χ0n) is 12.4. The Morgan fingerprint density at radius 3 is 2.77 bits per heavy atom. The molecule has 0 bridgehead atoms. The number of piperazine rings is 1. The van der Waals surface area contributed by atoms with Crippen molar-refractivity contribution in [3.8, 4) is 0 Å². The molecule has 1 fully saturated rings. The van der Waals surface area contributed by atoms with E-state index < -0.39 is 15.6 Å². The van der Waals surface area contributed by atoms with Crippen molar-refractivity contribution in [1.82, 2.24) is 9.62 Å². The molecule has 0 radical (unpaired) electrons. The maximum Gasteiger partial charge on any atom is 0.336 e. The SMILES string of the molecule is CC1CN(S(=O)(=O)c2ccc3oc(=O)ccc3c2)C(C)CN1. The molecular weight excluding hydrogens is 304 g/mol. The molecule has 7 heteroatoms. The maximum absolute atomic E-state index is 12.9. The van der Waals surface area contributed by atoms with Crippen LogP contribution >= 0.6 is 0 Å². The molecule has 22 heavy (non-hydrogen) atoms. The van der Waals surface area contributed by atoms with Gasteiger partial charge >= 0.3 is 5.63 Å². The molecule has 0 amide bonds. The lowest BCUT2D eigenvalue weighted by atomic mass is 10.2. The summed E-state index contributed by atoms with van der Waals surface area (Å²) in [4.78, 5) is 11.4. The number of benzene rings is 1. The number of rotatable bonds is 2. The predicted octanol–water partition coefficient (Wildman–Crippen LogP) is 1.16. The van der Waals surface area contributed by atoms with Crippen LogP contribution in [0.4, 0.5) is 0 Å². The summed E-state index contributed by atoms with van der Waals surface area (Å²) in [5.41, 5.74) is -0.0687. The second-order valence-corrected chi connectivity index (χ2v) is 7.58. The summed E-state index contributed by atoms with van der Waals surface area (Å²) in [7, 11) is -3.57. The fourth-order valence-electron chi connectivity index (χ4n) is 2.67. The van der Waals surface area contributed by atoms with Gasteiger partial charge in [-0.25, -0.2) is 13.2 Å². The van der Waals surface area contributed by atoms with Crippen LogP contribution in [0.1, 0.15) is 13.8 Å². The molecule has 3 rings (SSSR count). The molecule has 1 N–H and O–H groups in total. The molecule has 6 nitrogen and oxygen atoms in total. The van der Waals surface area contributed by atoms with E-state index in [4.69, 9.17) is 4.42 Å². The normalized spacial score (nSPS) is 23.7. The van der Waals surface area contributed by atoms with Crippen molar-refractivity contribution in [3.63, 3.8) is 0 Å². The molecule has 0 saturated carbocycles. The molecule has 1 aromatic heterocycles. The van der Waals surface area contributed by atoms with Crippen LogP contribution in [-0.4, -0.2) is 37.9 Å². The van der Waals surface area contributed by atoms with Crippen LogP contribution in [0, 0.1) is 0 Å². The first kappa shape index (κ1) is 15.2. The van der Waals surface area contributed by atoms with Crippen molar-refractivity contribution in [2.24, 2.45) is 0 Å². The van der Waals surface area contributed by atoms with Gasteiger partial charge in [0.25, 0.3) is 0 Å². The van der Waals surface area contributed by atoms with Gasteiger partial charge in [-0.2, -0.15) is 4.31 Å². The van der Waals surface area contributed by atoms with Crippen LogP contribution in [-0.2, 0) is 10.0 Å². The van der Waals surface area contributed by atoms with E-state index in [2.05, 4.69) is 5.32 Å². The first-order valence-electron chi connectivity index (χ1n) is 7.17. The van der Waals surface area contributed by atoms with Crippen molar-refractivity contribution in [2.45, 2.75) is 30.8 Å². The quantitative estimate of drug-likeness (QED) is 0.840.